The van der Waals surface area contributed by atoms with Gasteiger partial charge in [0.15, 0.2) is 0 Å². The fourth-order valence-corrected chi connectivity index (χ4v) is 2.12. The highest BCUT2D eigenvalue weighted by atomic mass is 15.3. The van der Waals surface area contributed by atoms with E-state index >= 15 is 0 Å². The van der Waals surface area contributed by atoms with Crippen molar-refractivity contribution in [1.82, 2.24) is 19.6 Å². The fraction of sp³-hybridized carbons (Fsp3) is 0.143. The van der Waals surface area contributed by atoms with E-state index in [0.29, 0.717) is 5.78 Å². The highest BCUT2D eigenvalue weighted by Crippen LogP contribution is 2.24. The quantitative estimate of drug-likeness (QED) is 0.697. The van der Waals surface area contributed by atoms with Gasteiger partial charge in [0, 0.05) is 5.69 Å². The summed E-state index contributed by atoms with van der Waals surface area (Å²) in [6.07, 6.45) is 1.45. The summed E-state index contributed by atoms with van der Waals surface area (Å²) < 4.78 is 1.62. The number of fused-ring (bicyclic) bond motifs is 1. The van der Waals surface area contributed by atoms with Crippen molar-refractivity contribution >= 4 is 5.78 Å². The Bertz CT molecular complexity index is 754. The van der Waals surface area contributed by atoms with E-state index in [1.54, 1.807) is 4.52 Å². The van der Waals surface area contributed by atoms with Gasteiger partial charge in [0.2, 0.25) is 0 Å². The molecular formula is C14H11N5. The SMILES string of the molecule is Cc1cc([C@H](C#N)c2ccccc2)n2ncnc2n1. The zero-order valence-corrected chi connectivity index (χ0v) is 10.4. The Morgan fingerprint density at radius 3 is 2.79 bits per heavy atom. The standard InChI is InChI=1S/C14H11N5/c1-10-7-13(19-14(18-10)16-9-17-19)12(8-15)11-5-3-2-4-6-11/h2-7,9,12H,1H3/t12-/m1/s1. The maximum absolute atomic E-state index is 9.49. The van der Waals surface area contributed by atoms with Gasteiger partial charge in [-0.25, -0.2) is 4.98 Å². The molecule has 0 N–H and O–H groups in total. The summed E-state index contributed by atoms with van der Waals surface area (Å²) >= 11 is 0. The average Bonchev–Trinajstić information content (AvgIpc) is 2.89. The van der Waals surface area contributed by atoms with Crippen molar-refractivity contribution in [1.29, 1.82) is 5.26 Å². The Morgan fingerprint density at radius 2 is 2.05 bits per heavy atom. The maximum Gasteiger partial charge on any atom is 0.252 e. The second kappa shape index (κ2) is 4.50. The summed E-state index contributed by atoms with van der Waals surface area (Å²) in [6, 6.07) is 13.9. The van der Waals surface area contributed by atoms with Crippen molar-refractivity contribution in [2.75, 3.05) is 0 Å². The van der Waals surface area contributed by atoms with Crippen LogP contribution in [-0.4, -0.2) is 19.6 Å². The molecule has 0 amide bonds. The number of nitrogens with zero attached hydrogens (tertiary/aromatic N) is 5. The third-order valence-electron chi connectivity index (χ3n) is 2.97. The Kier molecular flexibility index (Phi) is 2.69. The summed E-state index contributed by atoms with van der Waals surface area (Å²) in [4.78, 5) is 8.37. The molecule has 0 unspecified atom stereocenters. The topological polar surface area (TPSA) is 66.9 Å². The van der Waals surface area contributed by atoms with E-state index in [0.717, 1.165) is 17.0 Å². The maximum atomic E-state index is 9.49. The van der Waals surface area contributed by atoms with Crippen LogP contribution in [0.4, 0.5) is 0 Å². The van der Waals surface area contributed by atoms with Crippen molar-refractivity contribution < 1.29 is 0 Å². The molecule has 2 aromatic heterocycles. The van der Waals surface area contributed by atoms with Gasteiger partial charge >= 0.3 is 0 Å². The first-order chi connectivity index (χ1) is 9.29. The van der Waals surface area contributed by atoms with Crippen LogP contribution in [0.25, 0.3) is 5.78 Å². The predicted octanol–water partition coefficient (Wildman–Crippen LogP) is 2.09. The molecule has 92 valence electrons. The third-order valence-corrected chi connectivity index (χ3v) is 2.97. The zero-order chi connectivity index (χ0) is 13.2. The molecule has 2 heterocycles. The Morgan fingerprint density at radius 1 is 1.26 bits per heavy atom. The van der Waals surface area contributed by atoms with Crippen LogP contribution in [0.2, 0.25) is 0 Å². The molecule has 19 heavy (non-hydrogen) atoms. The lowest BCUT2D eigenvalue weighted by Crippen LogP contribution is -2.08. The number of aromatic nitrogens is 4. The molecule has 0 aliphatic rings. The van der Waals surface area contributed by atoms with Crippen LogP contribution in [0, 0.1) is 18.3 Å². The van der Waals surface area contributed by atoms with E-state index in [4.69, 9.17) is 0 Å². The molecule has 3 rings (SSSR count). The average molecular weight is 249 g/mol. The van der Waals surface area contributed by atoms with Gasteiger partial charge < -0.3 is 0 Å². The van der Waals surface area contributed by atoms with Crippen LogP contribution in [0.5, 0.6) is 0 Å². The number of benzene rings is 1. The van der Waals surface area contributed by atoms with Gasteiger partial charge in [-0.05, 0) is 18.6 Å². The summed E-state index contributed by atoms with van der Waals surface area (Å²) in [7, 11) is 0. The molecule has 0 radical (unpaired) electrons. The summed E-state index contributed by atoms with van der Waals surface area (Å²) in [5.74, 6) is 0.137. The van der Waals surface area contributed by atoms with E-state index in [1.165, 1.54) is 6.33 Å². The van der Waals surface area contributed by atoms with E-state index in [9.17, 15) is 5.26 Å². The number of nitriles is 1. The minimum absolute atomic E-state index is 0.382. The lowest BCUT2D eigenvalue weighted by molar-refractivity contribution is 0.818. The molecule has 0 aliphatic carbocycles. The van der Waals surface area contributed by atoms with Gasteiger partial charge in [-0.2, -0.15) is 19.9 Å². The van der Waals surface area contributed by atoms with E-state index in [-0.39, 0.29) is 5.92 Å². The number of rotatable bonds is 2. The first-order valence-electron chi connectivity index (χ1n) is 5.91. The van der Waals surface area contributed by atoms with Crippen molar-refractivity contribution in [3.8, 4) is 6.07 Å². The van der Waals surface area contributed by atoms with Crippen molar-refractivity contribution in [2.45, 2.75) is 12.8 Å². The van der Waals surface area contributed by atoms with Crippen LogP contribution >= 0.6 is 0 Å². The van der Waals surface area contributed by atoms with Gasteiger partial charge in [-0.1, -0.05) is 30.3 Å². The van der Waals surface area contributed by atoms with Gasteiger partial charge in [0.05, 0.1) is 11.8 Å². The van der Waals surface area contributed by atoms with Crippen LogP contribution < -0.4 is 0 Å². The molecule has 0 bridgehead atoms. The lowest BCUT2D eigenvalue weighted by Gasteiger charge is -2.11. The van der Waals surface area contributed by atoms with Crippen LogP contribution in [0.15, 0.2) is 42.7 Å². The Hall–Kier alpha value is -2.74. The molecule has 0 saturated heterocycles. The van der Waals surface area contributed by atoms with Crippen molar-refractivity contribution in [3.05, 3.63) is 59.7 Å². The normalized spacial score (nSPS) is 12.2. The largest absolute Gasteiger partial charge is 0.252 e. The third kappa shape index (κ3) is 1.93. The first-order valence-corrected chi connectivity index (χ1v) is 5.91. The molecule has 5 heteroatoms. The highest BCUT2D eigenvalue weighted by molar-refractivity contribution is 5.39. The molecular weight excluding hydrogens is 238 g/mol. The van der Waals surface area contributed by atoms with Gasteiger partial charge in [0.25, 0.3) is 5.78 Å². The minimum atomic E-state index is -0.382. The van der Waals surface area contributed by atoms with Crippen LogP contribution in [0.3, 0.4) is 0 Å². The predicted molar refractivity (Wildman–Crippen MR) is 69.4 cm³/mol. The van der Waals surface area contributed by atoms with E-state index < -0.39 is 0 Å². The molecule has 1 aromatic carbocycles. The second-order valence-corrected chi connectivity index (χ2v) is 4.27. The Balaban J connectivity index is 2.22. The van der Waals surface area contributed by atoms with Gasteiger partial charge in [-0.15, -0.1) is 0 Å². The Labute approximate surface area is 110 Å². The fourth-order valence-electron chi connectivity index (χ4n) is 2.12. The smallest absolute Gasteiger partial charge is 0.216 e. The molecule has 3 aromatic rings. The zero-order valence-electron chi connectivity index (χ0n) is 10.4. The summed E-state index contributed by atoms with van der Waals surface area (Å²) in [5.41, 5.74) is 2.55. The summed E-state index contributed by atoms with van der Waals surface area (Å²) in [5, 5.41) is 13.6. The molecule has 0 saturated carbocycles. The number of aryl methyl sites for hydroxylation is 1. The minimum Gasteiger partial charge on any atom is -0.216 e. The van der Waals surface area contributed by atoms with Gasteiger partial charge in [0.1, 0.15) is 12.2 Å². The van der Waals surface area contributed by atoms with Crippen molar-refractivity contribution in [2.24, 2.45) is 0 Å². The van der Waals surface area contributed by atoms with E-state index in [2.05, 4.69) is 21.1 Å². The van der Waals surface area contributed by atoms with Gasteiger partial charge in [-0.3, -0.25) is 0 Å². The van der Waals surface area contributed by atoms with Crippen LogP contribution in [-0.2, 0) is 0 Å². The van der Waals surface area contributed by atoms with Crippen molar-refractivity contribution in [3.63, 3.8) is 0 Å². The molecule has 0 aliphatic heterocycles. The number of hydrogen-bond acceptors (Lipinski definition) is 4. The molecule has 1 atom stereocenters. The number of hydrogen-bond donors (Lipinski definition) is 0. The second-order valence-electron chi connectivity index (χ2n) is 4.27. The molecule has 0 fully saturated rings. The van der Waals surface area contributed by atoms with Crippen LogP contribution in [0.1, 0.15) is 22.9 Å². The monoisotopic (exact) mass is 249 g/mol. The lowest BCUT2D eigenvalue weighted by atomic mass is 9.96. The molecule has 5 nitrogen and oxygen atoms in total. The molecule has 0 spiro atoms. The summed E-state index contributed by atoms with van der Waals surface area (Å²) in [6.45, 7) is 1.89. The van der Waals surface area contributed by atoms with E-state index in [1.807, 2.05) is 43.3 Å². The highest BCUT2D eigenvalue weighted by Gasteiger charge is 2.18. The first kappa shape index (κ1) is 11.4.